The summed E-state index contributed by atoms with van der Waals surface area (Å²) in [5, 5.41) is 9.15. The molecule has 0 unspecified atom stereocenters. The molecule has 0 spiro atoms. The molecule has 1 N–H and O–H groups in total. The standard InChI is InChI=1S/C24H35N5O3S/c1-16-20-13-21(33-24(20)29(26-16)19-7-11-32-12-8-19)23(31)25-18-5-3-17(4-6-18)14-28-10-9-27(2)22(30)15-28/h13,17-19H,3-12,14-15H2,1-2H3,(H,25,31). The molecule has 3 fully saturated rings. The molecule has 9 heteroatoms. The summed E-state index contributed by atoms with van der Waals surface area (Å²) in [7, 11) is 1.88. The molecule has 2 amide bonds. The van der Waals surface area contributed by atoms with Crippen LogP contribution in [-0.2, 0) is 9.53 Å². The fourth-order valence-electron chi connectivity index (χ4n) is 5.43. The van der Waals surface area contributed by atoms with Gasteiger partial charge in [-0.3, -0.25) is 19.2 Å². The minimum Gasteiger partial charge on any atom is -0.381 e. The summed E-state index contributed by atoms with van der Waals surface area (Å²) < 4.78 is 7.63. The van der Waals surface area contributed by atoms with Crippen molar-refractivity contribution in [3.63, 3.8) is 0 Å². The molecule has 2 saturated heterocycles. The molecular weight excluding hydrogens is 438 g/mol. The van der Waals surface area contributed by atoms with Crippen LogP contribution < -0.4 is 5.32 Å². The molecule has 0 bridgehead atoms. The van der Waals surface area contributed by atoms with Gasteiger partial charge in [-0.15, -0.1) is 11.3 Å². The van der Waals surface area contributed by atoms with Gasteiger partial charge in [0.15, 0.2) is 0 Å². The Bertz CT molecular complexity index is 1000. The lowest BCUT2D eigenvalue weighted by Crippen LogP contribution is -2.50. The van der Waals surface area contributed by atoms with Crippen LogP contribution in [0.2, 0.25) is 0 Å². The van der Waals surface area contributed by atoms with Crippen LogP contribution in [0, 0.1) is 12.8 Å². The van der Waals surface area contributed by atoms with E-state index in [0.717, 1.165) is 92.2 Å². The molecule has 2 aliphatic heterocycles. The van der Waals surface area contributed by atoms with Crippen molar-refractivity contribution >= 4 is 33.4 Å². The van der Waals surface area contributed by atoms with Crippen LogP contribution in [0.5, 0.6) is 0 Å². The molecule has 1 saturated carbocycles. The van der Waals surface area contributed by atoms with E-state index in [4.69, 9.17) is 9.84 Å². The van der Waals surface area contributed by atoms with E-state index in [1.807, 2.05) is 24.9 Å². The molecular formula is C24H35N5O3S. The fraction of sp³-hybridized carbons (Fsp3) is 0.708. The average Bonchev–Trinajstić information content (AvgIpc) is 3.39. The van der Waals surface area contributed by atoms with Gasteiger partial charge in [-0.2, -0.15) is 5.10 Å². The van der Waals surface area contributed by atoms with E-state index >= 15 is 0 Å². The van der Waals surface area contributed by atoms with E-state index in [0.29, 0.717) is 18.5 Å². The number of thiophene rings is 1. The molecule has 0 radical (unpaired) electrons. The summed E-state index contributed by atoms with van der Waals surface area (Å²) in [6, 6.07) is 2.61. The number of aryl methyl sites for hydroxylation is 1. The number of ether oxygens (including phenoxy) is 1. The molecule has 1 aliphatic carbocycles. The van der Waals surface area contributed by atoms with E-state index in [1.54, 1.807) is 11.3 Å². The topological polar surface area (TPSA) is 79.7 Å². The number of fused-ring (bicyclic) bond motifs is 1. The molecule has 3 aliphatic rings. The van der Waals surface area contributed by atoms with E-state index in [-0.39, 0.29) is 17.9 Å². The zero-order valence-electron chi connectivity index (χ0n) is 19.7. The third-order valence-corrected chi connectivity index (χ3v) is 8.69. The molecule has 0 aromatic carbocycles. The Morgan fingerprint density at radius 2 is 1.94 bits per heavy atom. The number of likely N-dealkylation sites (N-methyl/N-ethyl adjacent to an activating group) is 1. The van der Waals surface area contributed by atoms with Gasteiger partial charge in [0.2, 0.25) is 5.91 Å². The second-order valence-electron chi connectivity index (χ2n) is 9.94. The highest BCUT2D eigenvalue weighted by Crippen LogP contribution is 2.33. The largest absolute Gasteiger partial charge is 0.381 e. The molecule has 8 nitrogen and oxygen atoms in total. The summed E-state index contributed by atoms with van der Waals surface area (Å²) in [6.45, 7) is 6.92. The first-order valence-electron chi connectivity index (χ1n) is 12.3. The van der Waals surface area contributed by atoms with Crippen LogP contribution in [0.25, 0.3) is 10.2 Å². The van der Waals surface area contributed by atoms with Crippen molar-refractivity contribution in [1.29, 1.82) is 0 Å². The number of carbonyl (C=O) groups is 2. The maximum atomic E-state index is 13.0. The predicted octanol–water partition coefficient (Wildman–Crippen LogP) is 2.82. The lowest BCUT2D eigenvalue weighted by Gasteiger charge is -2.36. The monoisotopic (exact) mass is 473 g/mol. The second-order valence-corrected chi connectivity index (χ2v) is 11.0. The van der Waals surface area contributed by atoms with Gasteiger partial charge >= 0.3 is 0 Å². The number of hydrogen-bond donors (Lipinski definition) is 1. The van der Waals surface area contributed by atoms with Crippen LogP contribution in [0.4, 0.5) is 0 Å². The lowest BCUT2D eigenvalue weighted by molar-refractivity contribution is -0.134. The number of rotatable bonds is 5. The van der Waals surface area contributed by atoms with Crippen molar-refractivity contribution in [3.05, 3.63) is 16.6 Å². The molecule has 33 heavy (non-hydrogen) atoms. The summed E-state index contributed by atoms with van der Waals surface area (Å²) in [5.41, 5.74) is 0.995. The maximum Gasteiger partial charge on any atom is 0.261 e. The van der Waals surface area contributed by atoms with Crippen molar-refractivity contribution in [2.24, 2.45) is 5.92 Å². The SMILES string of the molecule is Cc1nn(C2CCOCC2)c2sc(C(=O)NC3CCC(CN4CCN(C)C(=O)C4)CC3)cc12. The molecule has 2 aromatic rings. The fourth-order valence-corrected chi connectivity index (χ4v) is 6.57. The van der Waals surface area contributed by atoms with Crippen LogP contribution in [0.3, 0.4) is 0 Å². The Kier molecular flexibility index (Phi) is 6.72. The summed E-state index contributed by atoms with van der Waals surface area (Å²) in [4.78, 5) is 31.0. The number of carbonyl (C=O) groups excluding carboxylic acids is 2. The molecule has 180 valence electrons. The van der Waals surface area contributed by atoms with Crippen molar-refractivity contribution in [3.8, 4) is 0 Å². The van der Waals surface area contributed by atoms with Crippen molar-refractivity contribution in [1.82, 2.24) is 24.9 Å². The first kappa shape index (κ1) is 22.8. The summed E-state index contributed by atoms with van der Waals surface area (Å²) >= 11 is 1.56. The van der Waals surface area contributed by atoms with Gasteiger partial charge in [0.25, 0.3) is 5.91 Å². The Labute approximate surface area is 199 Å². The number of nitrogens with zero attached hydrogens (tertiary/aromatic N) is 4. The van der Waals surface area contributed by atoms with Gasteiger partial charge in [-0.05, 0) is 57.4 Å². The highest BCUT2D eigenvalue weighted by atomic mass is 32.1. The average molecular weight is 474 g/mol. The van der Waals surface area contributed by atoms with Crippen LogP contribution >= 0.6 is 11.3 Å². The summed E-state index contributed by atoms with van der Waals surface area (Å²) in [6.07, 6.45) is 6.18. The molecule has 4 heterocycles. The predicted molar refractivity (Wildman–Crippen MR) is 129 cm³/mol. The molecule has 0 atom stereocenters. The zero-order valence-corrected chi connectivity index (χ0v) is 20.5. The minimum atomic E-state index is 0.0437. The van der Waals surface area contributed by atoms with Crippen LogP contribution in [0.15, 0.2) is 6.07 Å². The summed E-state index contributed by atoms with van der Waals surface area (Å²) in [5.74, 6) is 0.884. The number of hydrogen-bond acceptors (Lipinski definition) is 6. The Morgan fingerprint density at radius 3 is 2.67 bits per heavy atom. The Morgan fingerprint density at radius 1 is 1.18 bits per heavy atom. The molecule has 5 rings (SSSR count). The minimum absolute atomic E-state index is 0.0437. The normalized spacial score (nSPS) is 25.6. The van der Waals surface area contributed by atoms with Crippen molar-refractivity contribution in [2.45, 2.75) is 57.5 Å². The second kappa shape index (κ2) is 9.72. The van der Waals surface area contributed by atoms with E-state index in [9.17, 15) is 9.59 Å². The Hall–Kier alpha value is -1.97. The van der Waals surface area contributed by atoms with Crippen molar-refractivity contribution < 1.29 is 14.3 Å². The first-order chi connectivity index (χ1) is 16.0. The highest BCUT2D eigenvalue weighted by molar-refractivity contribution is 7.20. The third-order valence-electron chi connectivity index (χ3n) is 7.56. The number of aromatic nitrogens is 2. The quantitative estimate of drug-likeness (QED) is 0.722. The zero-order chi connectivity index (χ0) is 22.9. The van der Waals surface area contributed by atoms with Gasteiger partial charge in [0, 0.05) is 51.3 Å². The van der Waals surface area contributed by atoms with Gasteiger partial charge < -0.3 is 15.0 Å². The third kappa shape index (κ3) is 4.95. The smallest absolute Gasteiger partial charge is 0.261 e. The van der Waals surface area contributed by atoms with Gasteiger partial charge in [0.05, 0.1) is 23.2 Å². The number of amides is 2. The number of piperazine rings is 1. The van der Waals surface area contributed by atoms with E-state index in [1.165, 1.54) is 0 Å². The number of nitrogens with one attached hydrogen (secondary N) is 1. The first-order valence-corrected chi connectivity index (χ1v) is 13.1. The van der Waals surface area contributed by atoms with E-state index < -0.39 is 0 Å². The highest BCUT2D eigenvalue weighted by Gasteiger charge is 2.28. The van der Waals surface area contributed by atoms with Gasteiger partial charge in [-0.25, -0.2) is 0 Å². The van der Waals surface area contributed by atoms with Crippen LogP contribution in [0.1, 0.15) is 59.9 Å². The van der Waals surface area contributed by atoms with Crippen molar-refractivity contribution in [2.75, 3.05) is 46.4 Å². The van der Waals surface area contributed by atoms with Crippen LogP contribution in [-0.4, -0.2) is 83.9 Å². The van der Waals surface area contributed by atoms with Gasteiger partial charge in [0.1, 0.15) is 4.83 Å². The van der Waals surface area contributed by atoms with Gasteiger partial charge in [-0.1, -0.05) is 0 Å². The maximum absolute atomic E-state index is 13.0. The lowest BCUT2D eigenvalue weighted by atomic mass is 9.85. The molecule has 2 aromatic heterocycles. The van der Waals surface area contributed by atoms with E-state index in [2.05, 4.69) is 14.9 Å². The Balaban J connectivity index is 1.16.